The standard InChI is InChI=1S/C16H16N.C5H5.Fe/c1-11-7-8-14-15(10-17-16(14)9-11)12(2)13-5-3-4-6-13;1-2-4-5-3-1;/h3-10,12,17H,1-2H3;1-5H;/q2*-1;+2. The number of aromatic amines is 1. The third kappa shape index (κ3) is 4.04. The maximum absolute atomic E-state index is 3.37. The fourth-order valence-corrected chi connectivity index (χ4v) is 2.80. The first kappa shape index (κ1) is 17.3. The number of hydrogen-bond acceptors (Lipinski definition) is 0. The van der Waals surface area contributed by atoms with Crippen LogP contribution in [0.2, 0.25) is 0 Å². The van der Waals surface area contributed by atoms with E-state index in [-0.39, 0.29) is 17.1 Å². The van der Waals surface area contributed by atoms with Crippen molar-refractivity contribution < 1.29 is 17.1 Å². The minimum atomic E-state index is 0. The average Bonchev–Trinajstić information content (AvgIpc) is 3.27. The van der Waals surface area contributed by atoms with E-state index in [9.17, 15) is 0 Å². The molecule has 0 radical (unpaired) electrons. The van der Waals surface area contributed by atoms with Crippen LogP contribution in [-0.4, -0.2) is 4.98 Å². The number of aromatic nitrogens is 1. The van der Waals surface area contributed by atoms with E-state index in [1.165, 1.54) is 27.6 Å². The molecule has 0 amide bonds. The van der Waals surface area contributed by atoms with Gasteiger partial charge in [0.25, 0.3) is 0 Å². The molecule has 1 N–H and O–H groups in total. The number of hydrogen-bond donors (Lipinski definition) is 1. The van der Waals surface area contributed by atoms with Gasteiger partial charge in [-0.05, 0) is 30.0 Å². The molecule has 1 unspecified atom stereocenters. The molecule has 1 heterocycles. The predicted molar refractivity (Wildman–Crippen MR) is 94.6 cm³/mol. The molecule has 1 aromatic heterocycles. The van der Waals surface area contributed by atoms with Crippen molar-refractivity contribution in [2.45, 2.75) is 19.8 Å². The van der Waals surface area contributed by atoms with Gasteiger partial charge in [-0.15, -0.1) is 0 Å². The Morgan fingerprint density at radius 1 is 1.00 bits per heavy atom. The number of rotatable bonds is 2. The van der Waals surface area contributed by atoms with Crippen molar-refractivity contribution in [3.8, 4) is 0 Å². The van der Waals surface area contributed by atoms with Crippen molar-refractivity contribution >= 4 is 10.9 Å². The van der Waals surface area contributed by atoms with Gasteiger partial charge in [-0.3, -0.25) is 0 Å². The summed E-state index contributed by atoms with van der Waals surface area (Å²) in [5.41, 5.74) is 5.29. The maximum Gasteiger partial charge on any atom is 2.00 e. The Balaban J connectivity index is 0.000000276. The molecule has 0 aliphatic rings. The summed E-state index contributed by atoms with van der Waals surface area (Å²) in [7, 11) is 0. The van der Waals surface area contributed by atoms with Crippen LogP contribution >= 0.6 is 0 Å². The monoisotopic (exact) mass is 343 g/mol. The van der Waals surface area contributed by atoms with Crippen molar-refractivity contribution in [3.05, 3.63) is 95.7 Å². The van der Waals surface area contributed by atoms with Gasteiger partial charge in [0.05, 0.1) is 0 Å². The summed E-state index contributed by atoms with van der Waals surface area (Å²) in [6.45, 7) is 4.39. The minimum absolute atomic E-state index is 0. The Bertz CT molecular complexity index is 790. The number of H-pyrrole nitrogens is 1. The van der Waals surface area contributed by atoms with Crippen molar-refractivity contribution in [1.29, 1.82) is 0 Å². The predicted octanol–water partition coefficient (Wildman–Crippen LogP) is 5.75. The van der Waals surface area contributed by atoms with Gasteiger partial charge >= 0.3 is 17.1 Å². The van der Waals surface area contributed by atoms with Crippen LogP contribution in [-0.2, 0) is 17.1 Å². The molecule has 2 heteroatoms. The van der Waals surface area contributed by atoms with E-state index in [1.807, 2.05) is 30.3 Å². The van der Waals surface area contributed by atoms with Gasteiger partial charge in [-0.1, -0.05) is 19.1 Å². The van der Waals surface area contributed by atoms with Crippen LogP contribution in [0.1, 0.15) is 29.5 Å². The zero-order chi connectivity index (χ0) is 15.4. The van der Waals surface area contributed by atoms with Gasteiger partial charge in [-0.25, -0.2) is 18.2 Å². The van der Waals surface area contributed by atoms with Crippen molar-refractivity contribution in [2.24, 2.45) is 0 Å². The molecule has 0 aliphatic heterocycles. The van der Waals surface area contributed by atoms with E-state index in [4.69, 9.17) is 0 Å². The minimum Gasteiger partial charge on any atom is -0.361 e. The van der Waals surface area contributed by atoms with Gasteiger partial charge in [0.1, 0.15) is 0 Å². The molecule has 0 saturated carbocycles. The van der Waals surface area contributed by atoms with Crippen LogP contribution in [0.3, 0.4) is 0 Å². The molecule has 1 atom stereocenters. The Labute approximate surface area is 148 Å². The zero-order valence-corrected chi connectivity index (χ0v) is 14.5. The molecule has 0 saturated heterocycles. The van der Waals surface area contributed by atoms with Crippen molar-refractivity contribution in [3.63, 3.8) is 0 Å². The molecule has 23 heavy (non-hydrogen) atoms. The van der Waals surface area contributed by atoms with E-state index >= 15 is 0 Å². The molecule has 4 aromatic rings. The second-order valence-electron chi connectivity index (χ2n) is 5.70. The van der Waals surface area contributed by atoms with Gasteiger partial charge in [0.15, 0.2) is 0 Å². The molecular formula is C21H21FeN. The van der Waals surface area contributed by atoms with Crippen molar-refractivity contribution in [2.75, 3.05) is 0 Å². The summed E-state index contributed by atoms with van der Waals surface area (Å²) in [6, 6.07) is 25.2. The number of fused-ring (bicyclic) bond motifs is 1. The number of benzene rings is 1. The molecule has 0 fully saturated rings. The summed E-state index contributed by atoms with van der Waals surface area (Å²) in [6.07, 6.45) is 2.14. The fraction of sp³-hybridized carbons (Fsp3) is 0.143. The van der Waals surface area contributed by atoms with Crippen molar-refractivity contribution in [1.82, 2.24) is 4.98 Å². The maximum atomic E-state index is 3.37. The van der Waals surface area contributed by atoms with Crippen LogP contribution in [0.25, 0.3) is 10.9 Å². The summed E-state index contributed by atoms with van der Waals surface area (Å²) in [5.74, 6) is 0.446. The molecular weight excluding hydrogens is 322 g/mol. The average molecular weight is 343 g/mol. The first-order valence-corrected chi connectivity index (χ1v) is 7.71. The van der Waals surface area contributed by atoms with E-state index in [1.54, 1.807) is 0 Å². The first-order valence-electron chi connectivity index (χ1n) is 7.71. The molecule has 118 valence electrons. The second kappa shape index (κ2) is 8.01. The quantitative estimate of drug-likeness (QED) is 0.352. The second-order valence-corrected chi connectivity index (χ2v) is 5.70. The van der Waals surface area contributed by atoms with Crippen LogP contribution in [0.5, 0.6) is 0 Å². The molecule has 1 nitrogen and oxygen atoms in total. The molecule has 0 aliphatic carbocycles. The first-order chi connectivity index (χ1) is 10.8. The number of aryl methyl sites for hydroxylation is 1. The summed E-state index contributed by atoms with van der Waals surface area (Å²) < 4.78 is 0. The summed E-state index contributed by atoms with van der Waals surface area (Å²) in [4.78, 5) is 3.37. The SMILES string of the molecule is Cc1ccc2c(C(C)c3cc[cH-]c3)c[nH]c2c1.[Fe+2].c1cc[cH-]c1. The summed E-state index contributed by atoms with van der Waals surface area (Å²) >= 11 is 0. The smallest absolute Gasteiger partial charge is 0.361 e. The third-order valence-electron chi connectivity index (χ3n) is 4.08. The third-order valence-corrected chi connectivity index (χ3v) is 4.08. The Morgan fingerprint density at radius 2 is 1.78 bits per heavy atom. The molecule has 0 bridgehead atoms. The Kier molecular flexibility index (Phi) is 6.04. The Morgan fingerprint density at radius 3 is 2.39 bits per heavy atom. The topological polar surface area (TPSA) is 15.8 Å². The van der Waals surface area contributed by atoms with Gasteiger partial charge in [-0.2, -0.15) is 42.0 Å². The van der Waals surface area contributed by atoms with Crippen LogP contribution in [0, 0.1) is 6.92 Å². The van der Waals surface area contributed by atoms with E-state index < -0.39 is 0 Å². The van der Waals surface area contributed by atoms with E-state index in [2.05, 4.69) is 67.5 Å². The van der Waals surface area contributed by atoms with Gasteiger partial charge in [0.2, 0.25) is 0 Å². The normalized spacial score (nSPS) is 11.4. The van der Waals surface area contributed by atoms with E-state index in [0.29, 0.717) is 5.92 Å². The van der Waals surface area contributed by atoms with Crippen LogP contribution in [0.15, 0.2) is 79.0 Å². The number of nitrogens with one attached hydrogen (secondary N) is 1. The summed E-state index contributed by atoms with van der Waals surface area (Å²) in [5, 5.41) is 1.34. The van der Waals surface area contributed by atoms with Crippen LogP contribution < -0.4 is 0 Å². The van der Waals surface area contributed by atoms with E-state index in [0.717, 1.165) is 0 Å². The zero-order valence-electron chi connectivity index (χ0n) is 13.4. The largest absolute Gasteiger partial charge is 2.00 e. The molecule has 3 aromatic carbocycles. The Hall–Kier alpha value is -2.02. The molecule has 0 spiro atoms. The fourth-order valence-electron chi connectivity index (χ4n) is 2.80. The van der Waals surface area contributed by atoms with Crippen LogP contribution in [0.4, 0.5) is 0 Å². The van der Waals surface area contributed by atoms with Gasteiger partial charge in [0, 0.05) is 17.1 Å². The molecule has 4 rings (SSSR count). The van der Waals surface area contributed by atoms with Gasteiger partial charge < -0.3 is 4.98 Å².